The molecule has 1 rings (SSSR count). The summed E-state index contributed by atoms with van der Waals surface area (Å²) in [6, 6.07) is -1.78. The van der Waals surface area contributed by atoms with Crippen LogP contribution in [0.15, 0.2) is 6.20 Å². The van der Waals surface area contributed by atoms with Crippen LogP contribution in [0.5, 0.6) is 0 Å². The molecule has 0 aliphatic heterocycles. The average molecular weight is 315 g/mol. The van der Waals surface area contributed by atoms with Crippen LogP contribution in [0.3, 0.4) is 0 Å². The summed E-state index contributed by atoms with van der Waals surface area (Å²) < 4.78 is 4.43. The van der Waals surface area contributed by atoms with Crippen LogP contribution in [-0.4, -0.2) is 41.2 Å². The SMILES string of the molecule is COC(=O)CC[C@@H](NC(=O)NCc1ncc(C)s1)C(=O)O. The molecule has 0 saturated heterocycles. The number of aromatic nitrogens is 1. The van der Waals surface area contributed by atoms with E-state index in [-0.39, 0.29) is 19.4 Å². The molecule has 8 nitrogen and oxygen atoms in total. The number of carbonyl (C=O) groups excluding carboxylic acids is 2. The van der Waals surface area contributed by atoms with Gasteiger partial charge in [0.05, 0.1) is 13.7 Å². The first-order valence-electron chi connectivity index (χ1n) is 6.17. The van der Waals surface area contributed by atoms with Crippen LogP contribution in [-0.2, 0) is 20.9 Å². The molecule has 0 aliphatic rings. The van der Waals surface area contributed by atoms with Gasteiger partial charge >= 0.3 is 18.0 Å². The summed E-state index contributed by atoms with van der Waals surface area (Å²) in [6.45, 7) is 2.11. The molecular formula is C12H17N3O5S. The fourth-order valence-corrected chi connectivity index (χ4v) is 2.20. The normalized spacial score (nSPS) is 11.5. The first kappa shape index (κ1) is 16.9. The van der Waals surface area contributed by atoms with Gasteiger partial charge in [-0.3, -0.25) is 4.79 Å². The van der Waals surface area contributed by atoms with Crippen LogP contribution < -0.4 is 10.6 Å². The molecule has 1 aromatic rings. The van der Waals surface area contributed by atoms with Gasteiger partial charge in [0.1, 0.15) is 11.0 Å². The minimum Gasteiger partial charge on any atom is -0.480 e. The largest absolute Gasteiger partial charge is 0.480 e. The van der Waals surface area contributed by atoms with E-state index in [1.165, 1.54) is 18.4 Å². The number of carbonyl (C=O) groups is 3. The first-order valence-corrected chi connectivity index (χ1v) is 6.99. The van der Waals surface area contributed by atoms with Crippen molar-refractivity contribution in [3.63, 3.8) is 0 Å². The summed E-state index contributed by atoms with van der Waals surface area (Å²) in [5, 5.41) is 14.5. The van der Waals surface area contributed by atoms with Crippen molar-refractivity contribution in [2.24, 2.45) is 0 Å². The Morgan fingerprint density at radius 2 is 2.19 bits per heavy atom. The number of carboxylic acid groups (broad SMARTS) is 1. The lowest BCUT2D eigenvalue weighted by Crippen LogP contribution is -2.46. The van der Waals surface area contributed by atoms with E-state index in [2.05, 4.69) is 20.4 Å². The van der Waals surface area contributed by atoms with Gasteiger partial charge in [-0.15, -0.1) is 11.3 Å². The highest BCUT2D eigenvalue weighted by Crippen LogP contribution is 2.10. The molecule has 0 saturated carbocycles. The van der Waals surface area contributed by atoms with Crippen LogP contribution in [0.1, 0.15) is 22.7 Å². The summed E-state index contributed by atoms with van der Waals surface area (Å²) >= 11 is 1.44. The second-order valence-electron chi connectivity index (χ2n) is 4.20. The number of amides is 2. The van der Waals surface area contributed by atoms with E-state index in [4.69, 9.17) is 5.11 Å². The number of hydrogen-bond donors (Lipinski definition) is 3. The van der Waals surface area contributed by atoms with Crippen molar-refractivity contribution in [1.29, 1.82) is 0 Å². The van der Waals surface area contributed by atoms with E-state index in [1.807, 2.05) is 6.92 Å². The summed E-state index contributed by atoms with van der Waals surface area (Å²) in [7, 11) is 1.22. The zero-order valence-electron chi connectivity index (χ0n) is 11.7. The molecule has 116 valence electrons. The summed E-state index contributed by atoms with van der Waals surface area (Å²) in [5.41, 5.74) is 0. The molecule has 0 unspecified atom stereocenters. The molecular weight excluding hydrogens is 298 g/mol. The Balaban J connectivity index is 2.41. The molecule has 0 radical (unpaired) electrons. The standard InChI is InChI=1S/C12H17N3O5S/c1-7-5-13-9(21-7)6-14-12(19)15-8(11(17)18)3-4-10(16)20-2/h5,8H,3-4,6H2,1-2H3,(H,17,18)(H2,14,15,19)/t8-/m1/s1. The van der Waals surface area contributed by atoms with Crippen molar-refractivity contribution in [2.75, 3.05) is 7.11 Å². The summed E-state index contributed by atoms with van der Waals surface area (Å²) in [5.74, 6) is -1.74. The molecule has 0 spiro atoms. The molecule has 0 bridgehead atoms. The number of nitrogens with zero attached hydrogens (tertiary/aromatic N) is 1. The second kappa shape index (κ2) is 8.20. The minimum absolute atomic E-state index is 0.0359. The van der Waals surface area contributed by atoms with Gasteiger partial charge in [0.15, 0.2) is 0 Å². The zero-order chi connectivity index (χ0) is 15.8. The van der Waals surface area contributed by atoms with Crippen LogP contribution in [0.25, 0.3) is 0 Å². The molecule has 1 atom stereocenters. The van der Waals surface area contributed by atoms with Crippen LogP contribution >= 0.6 is 11.3 Å². The van der Waals surface area contributed by atoms with E-state index in [0.29, 0.717) is 0 Å². The zero-order valence-corrected chi connectivity index (χ0v) is 12.5. The smallest absolute Gasteiger partial charge is 0.326 e. The minimum atomic E-state index is -1.21. The van der Waals surface area contributed by atoms with Crippen LogP contribution in [0.2, 0.25) is 0 Å². The summed E-state index contributed by atoms with van der Waals surface area (Å²) in [4.78, 5) is 38.7. The molecule has 0 aromatic carbocycles. The van der Waals surface area contributed by atoms with Crippen molar-refractivity contribution in [2.45, 2.75) is 32.4 Å². The summed E-state index contributed by atoms with van der Waals surface area (Å²) in [6.07, 6.45) is 1.57. The Hall–Kier alpha value is -2.16. The van der Waals surface area contributed by atoms with E-state index in [1.54, 1.807) is 6.20 Å². The van der Waals surface area contributed by atoms with E-state index >= 15 is 0 Å². The Morgan fingerprint density at radius 1 is 1.48 bits per heavy atom. The van der Waals surface area contributed by atoms with Gasteiger partial charge in [-0.1, -0.05) is 0 Å². The van der Waals surface area contributed by atoms with Gasteiger partial charge in [0.25, 0.3) is 0 Å². The molecule has 1 heterocycles. The van der Waals surface area contributed by atoms with Crippen molar-refractivity contribution >= 4 is 29.3 Å². The number of thiazole rings is 1. The topological polar surface area (TPSA) is 118 Å². The second-order valence-corrected chi connectivity index (χ2v) is 5.52. The quantitative estimate of drug-likeness (QED) is 0.636. The lowest BCUT2D eigenvalue weighted by molar-refractivity contribution is -0.142. The van der Waals surface area contributed by atoms with Crippen LogP contribution in [0.4, 0.5) is 4.79 Å². The number of methoxy groups -OCH3 is 1. The van der Waals surface area contributed by atoms with E-state index < -0.39 is 24.0 Å². The number of esters is 1. The maximum Gasteiger partial charge on any atom is 0.326 e. The van der Waals surface area contributed by atoms with Crippen LogP contribution in [0, 0.1) is 6.92 Å². The molecule has 9 heteroatoms. The third-order valence-corrected chi connectivity index (χ3v) is 3.45. The number of nitrogens with one attached hydrogen (secondary N) is 2. The molecule has 3 N–H and O–H groups in total. The third-order valence-electron chi connectivity index (χ3n) is 2.54. The Labute approximate surface area is 125 Å². The Morgan fingerprint density at radius 3 is 2.71 bits per heavy atom. The molecule has 0 aliphatic carbocycles. The number of aryl methyl sites for hydroxylation is 1. The number of ether oxygens (including phenoxy) is 1. The monoisotopic (exact) mass is 315 g/mol. The maximum absolute atomic E-state index is 11.6. The van der Waals surface area contributed by atoms with E-state index in [0.717, 1.165) is 9.88 Å². The number of aliphatic carboxylic acids is 1. The van der Waals surface area contributed by atoms with Crippen molar-refractivity contribution in [3.05, 3.63) is 16.1 Å². The average Bonchev–Trinajstić information content (AvgIpc) is 2.86. The highest BCUT2D eigenvalue weighted by Gasteiger charge is 2.21. The molecule has 1 aromatic heterocycles. The van der Waals surface area contributed by atoms with Crippen molar-refractivity contribution in [1.82, 2.24) is 15.6 Å². The number of urea groups is 1. The lowest BCUT2D eigenvalue weighted by atomic mass is 10.1. The third kappa shape index (κ3) is 6.21. The van der Waals surface area contributed by atoms with Gasteiger partial charge < -0.3 is 20.5 Å². The Kier molecular flexibility index (Phi) is 6.60. The van der Waals surface area contributed by atoms with Gasteiger partial charge in [-0.2, -0.15) is 0 Å². The number of rotatable bonds is 7. The predicted molar refractivity (Wildman–Crippen MR) is 74.9 cm³/mol. The van der Waals surface area contributed by atoms with Gasteiger partial charge in [-0.05, 0) is 13.3 Å². The number of hydrogen-bond acceptors (Lipinski definition) is 6. The van der Waals surface area contributed by atoms with Crippen molar-refractivity contribution < 1.29 is 24.2 Å². The predicted octanol–water partition coefficient (Wildman–Crippen LogP) is 0.657. The fourth-order valence-electron chi connectivity index (χ4n) is 1.47. The van der Waals surface area contributed by atoms with E-state index in [9.17, 15) is 14.4 Å². The van der Waals surface area contributed by atoms with Gasteiger partial charge in [0, 0.05) is 17.5 Å². The fraction of sp³-hybridized carbons (Fsp3) is 0.500. The number of carboxylic acids is 1. The highest BCUT2D eigenvalue weighted by molar-refractivity contribution is 7.11. The molecule has 0 fully saturated rings. The maximum atomic E-state index is 11.6. The lowest BCUT2D eigenvalue weighted by Gasteiger charge is -2.14. The molecule has 2 amide bonds. The Bertz CT molecular complexity index is 517. The van der Waals surface area contributed by atoms with Gasteiger partial charge in [-0.25, -0.2) is 14.6 Å². The van der Waals surface area contributed by atoms with Gasteiger partial charge in [0.2, 0.25) is 0 Å². The highest BCUT2D eigenvalue weighted by atomic mass is 32.1. The molecule has 21 heavy (non-hydrogen) atoms. The first-order chi connectivity index (χ1) is 9.92. The van der Waals surface area contributed by atoms with Crippen molar-refractivity contribution in [3.8, 4) is 0 Å².